The number of halogens is 1. The average Bonchev–Trinajstić information content (AvgIpc) is 3.12. The van der Waals surface area contributed by atoms with Crippen LogP contribution >= 0.6 is 0 Å². The van der Waals surface area contributed by atoms with Crippen molar-refractivity contribution < 1.29 is 18.4 Å². The SMILES string of the molecule is CONC(=O)c1c(-c2ccc(F)cc2)oc2cc(N(C)C)c(-c3cccc(C)c3)cc12. The molecule has 0 aliphatic heterocycles. The normalized spacial score (nSPS) is 11.0. The van der Waals surface area contributed by atoms with Crippen molar-refractivity contribution in [2.45, 2.75) is 6.92 Å². The van der Waals surface area contributed by atoms with Gasteiger partial charge in [0.25, 0.3) is 5.91 Å². The molecule has 0 saturated heterocycles. The van der Waals surface area contributed by atoms with Crippen LogP contribution in [0, 0.1) is 12.7 Å². The maximum atomic E-state index is 13.5. The molecule has 0 atom stereocenters. The van der Waals surface area contributed by atoms with Crippen LogP contribution in [-0.2, 0) is 4.84 Å². The van der Waals surface area contributed by atoms with E-state index in [9.17, 15) is 9.18 Å². The molecule has 0 saturated carbocycles. The number of carbonyl (C=O) groups excluding carboxylic acids is 1. The first kappa shape index (κ1) is 20.6. The number of aryl methyl sites for hydroxylation is 1. The third-order valence-corrected chi connectivity index (χ3v) is 5.15. The van der Waals surface area contributed by atoms with E-state index in [0.717, 1.165) is 22.4 Å². The number of hydrogen-bond acceptors (Lipinski definition) is 4. The zero-order valence-corrected chi connectivity index (χ0v) is 17.8. The summed E-state index contributed by atoms with van der Waals surface area (Å²) in [6.07, 6.45) is 0. The molecule has 0 aliphatic rings. The van der Waals surface area contributed by atoms with Crippen molar-refractivity contribution in [1.82, 2.24) is 5.48 Å². The van der Waals surface area contributed by atoms with Crippen LogP contribution < -0.4 is 10.4 Å². The van der Waals surface area contributed by atoms with Crippen LogP contribution in [0.25, 0.3) is 33.4 Å². The Balaban J connectivity index is 2.03. The first-order valence-electron chi connectivity index (χ1n) is 9.83. The number of amides is 1. The van der Waals surface area contributed by atoms with Crippen LogP contribution in [0.2, 0.25) is 0 Å². The molecule has 4 rings (SSSR count). The van der Waals surface area contributed by atoms with E-state index in [1.807, 2.05) is 56.3 Å². The smallest absolute Gasteiger partial charge is 0.279 e. The number of furan rings is 1. The lowest BCUT2D eigenvalue weighted by molar-refractivity contribution is 0.0539. The Morgan fingerprint density at radius 2 is 1.77 bits per heavy atom. The molecule has 0 bridgehead atoms. The van der Waals surface area contributed by atoms with Crippen molar-refractivity contribution >= 4 is 22.6 Å². The zero-order chi connectivity index (χ0) is 22.1. The molecule has 3 aromatic carbocycles. The lowest BCUT2D eigenvalue weighted by Crippen LogP contribution is -2.22. The van der Waals surface area contributed by atoms with Gasteiger partial charge in [0.2, 0.25) is 0 Å². The van der Waals surface area contributed by atoms with Gasteiger partial charge in [-0.15, -0.1) is 0 Å². The van der Waals surface area contributed by atoms with Gasteiger partial charge in [0, 0.05) is 42.4 Å². The largest absolute Gasteiger partial charge is 0.455 e. The second-order valence-corrected chi connectivity index (χ2v) is 7.58. The van der Waals surface area contributed by atoms with E-state index >= 15 is 0 Å². The van der Waals surface area contributed by atoms with E-state index in [2.05, 4.69) is 11.5 Å². The molecule has 1 amide bonds. The van der Waals surface area contributed by atoms with Crippen molar-refractivity contribution in [3.8, 4) is 22.5 Å². The van der Waals surface area contributed by atoms with Crippen LogP contribution in [0.1, 0.15) is 15.9 Å². The zero-order valence-electron chi connectivity index (χ0n) is 17.8. The fourth-order valence-electron chi connectivity index (χ4n) is 3.72. The molecular formula is C25H23FN2O3. The standard InChI is InChI=1S/C25H23FN2O3/c1-15-6-5-7-17(12-15)19-13-20-22(14-21(19)28(2)3)31-24(23(20)25(29)27-30-4)16-8-10-18(26)11-9-16/h5-14H,1-4H3,(H,27,29). The molecule has 6 heteroatoms. The Labute approximate surface area is 180 Å². The molecule has 31 heavy (non-hydrogen) atoms. The number of fused-ring (bicyclic) bond motifs is 1. The van der Waals surface area contributed by atoms with Crippen LogP contribution in [-0.4, -0.2) is 27.1 Å². The van der Waals surface area contributed by atoms with Gasteiger partial charge < -0.3 is 9.32 Å². The summed E-state index contributed by atoms with van der Waals surface area (Å²) in [6.45, 7) is 2.04. The number of hydrogen-bond donors (Lipinski definition) is 1. The number of rotatable bonds is 5. The van der Waals surface area contributed by atoms with Crippen molar-refractivity contribution in [3.05, 3.63) is 77.6 Å². The highest BCUT2D eigenvalue weighted by Crippen LogP contribution is 2.40. The molecule has 0 aliphatic carbocycles. The van der Waals surface area contributed by atoms with Gasteiger partial charge in [-0.3, -0.25) is 9.63 Å². The highest BCUT2D eigenvalue weighted by Gasteiger charge is 2.24. The van der Waals surface area contributed by atoms with Crippen LogP contribution in [0.3, 0.4) is 0 Å². The summed E-state index contributed by atoms with van der Waals surface area (Å²) in [5.74, 6) is -0.441. The summed E-state index contributed by atoms with van der Waals surface area (Å²) in [5, 5.41) is 0.649. The highest BCUT2D eigenvalue weighted by molar-refractivity contribution is 6.12. The Bertz CT molecular complexity index is 1260. The summed E-state index contributed by atoms with van der Waals surface area (Å²) in [7, 11) is 5.30. The van der Waals surface area contributed by atoms with E-state index in [1.165, 1.54) is 19.2 Å². The minimum atomic E-state index is -0.437. The second-order valence-electron chi connectivity index (χ2n) is 7.58. The Morgan fingerprint density at radius 1 is 1.03 bits per heavy atom. The Hall–Kier alpha value is -3.64. The van der Waals surface area contributed by atoms with Crippen molar-refractivity contribution in [1.29, 1.82) is 0 Å². The quantitative estimate of drug-likeness (QED) is 0.431. The molecule has 0 spiro atoms. The number of nitrogens with zero attached hydrogens (tertiary/aromatic N) is 1. The van der Waals surface area contributed by atoms with E-state index in [0.29, 0.717) is 27.9 Å². The number of carbonyl (C=O) groups is 1. The molecule has 158 valence electrons. The first-order valence-corrected chi connectivity index (χ1v) is 9.83. The van der Waals surface area contributed by atoms with Gasteiger partial charge in [-0.25, -0.2) is 9.87 Å². The van der Waals surface area contributed by atoms with Gasteiger partial charge in [0.1, 0.15) is 17.2 Å². The minimum Gasteiger partial charge on any atom is -0.455 e. The molecular weight excluding hydrogens is 395 g/mol. The number of nitrogens with one attached hydrogen (secondary N) is 1. The third-order valence-electron chi connectivity index (χ3n) is 5.15. The summed E-state index contributed by atoms with van der Waals surface area (Å²) < 4.78 is 19.6. The van der Waals surface area contributed by atoms with E-state index in [1.54, 1.807) is 12.1 Å². The molecule has 1 aromatic heterocycles. The molecule has 5 nitrogen and oxygen atoms in total. The Kier molecular flexibility index (Phi) is 5.48. The maximum Gasteiger partial charge on any atom is 0.279 e. The van der Waals surface area contributed by atoms with Gasteiger partial charge in [-0.1, -0.05) is 29.8 Å². The molecule has 1 heterocycles. The lowest BCUT2D eigenvalue weighted by Gasteiger charge is -2.18. The monoisotopic (exact) mass is 418 g/mol. The van der Waals surface area contributed by atoms with E-state index < -0.39 is 5.91 Å². The topological polar surface area (TPSA) is 54.7 Å². The maximum absolute atomic E-state index is 13.5. The van der Waals surface area contributed by atoms with Crippen molar-refractivity contribution in [3.63, 3.8) is 0 Å². The van der Waals surface area contributed by atoms with Crippen LogP contribution in [0.15, 0.2) is 65.1 Å². The highest BCUT2D eigenvalue weighted by atomic mass is 19.1. The summed E-state index contributed by atoms with van der Waals surface area (Å²) in [5.41, 5.74) is 7.97. The van der Waals surface area contributed by atoms with Gasteiger partial charge in [-0.05, 0) is 42.8 Å². The van der Waals surface area contributed by atoms with Crippen molar-refractivity contribution in [2.24, 2.45) is 0 Å². The molecule has 0 fully saturated rings. The second kappa shape index (κ2) is 8.24. The molecule has 0 unspecified atom stereocenters. The summed E-state index contributed by atoms with van der Waals surface area (Å²) >= 11 is 0. The van der Waals surface area contributed by atoms with Gasteiger partial charge in [0.05, 0.1) is 12.7 Å². The fraction of sp³-hybridized carbons (Fsp3) is 0.160. The molecule has 4 aromatic rings. The van der Waals surface area contributed by atoms with Crippen LogP contribution in [0.4, 0.5) is 10.1 Å². The van der Waals surface area contributed by atoms with Gasteiger partial charge in [-0.2, -0.15) is 0 Å². The molecule has 1 N–H and O–H groups in total. The number of anilines is 1. The van der Waals surface area contributed by atoms with Gasteiger partial charge in [0.15, 0.2) is 0 Å². The van der Waals surface area contributed by atoms with E-state index in [-0.39, 0.29) is 5.82 Å². The first-order chi connectivity index (χ1) is 14.9. The van der Waals surface area contributed by atoms with E-state index in [4.69, 9.17) is 9.25 Å². The van der Waals surface area contributed by atoms with Crippen molar-refractivity contribution in [2.75, 3.05) is 26.1 Å². The molecule has 0 radical (unpaired) electrons. The minimum absolute atomic E-state index is 0.336. The lowest BCUT2D eigenvalue weighted by atomic mass is 9.97. The number of hydroxylamine groups is 1. The summed E-state index contributed by atoms with van der Waals surface area (Å²) in [4.78, 5) is 19.8. The predicted octanol–water partition coefficient (Wildman–Crippen LogP) is 5.57. The van der Waals surface area contributed by atoms with Gasteiger partial charge >= 0.3 is 0 Å². The summed E-state index contributed by atoms with van der Waals surface area (Å²) in [6, 6.07) is 17.9. The van der Waals surface area contributed by atoms with Crippen LogP contribution in [0.5, 0.6) is 0 Å². The Morgan fingerprint density at radius 3 is 2.42 bits per heavy atom. The predicted molar refractivity (Wildman–Crippen MR) is 121 cm³/mol. The fourth-order valence-corrected chi connectivity index (χ4v) is 3.72. The third kappa shape index (κ3) is 3.90. The average molecular weight is 418 g/mol. The number of benzene rings is 3.